The molecule has 1 aromatic carbocycles. The molecular formula is C17H21N3O2. The van der Waals surface area contributed by atoms with Gasteiger partial charge in [0.05, 0.1) is 5.69 Å². The lowest BCUT2D eigenvalue weighted by atomic mass is 10.1. The zero-order valence-electron chi connectivity index (χ0n) is 13.0. The molecule has 2 heterocycles. The minimum atomic E-state index is -0.266. The summed E-state index contributed by atoms with van der Waals surface area (Å²) >= 11 is 0. The summed E-state index contributed by atoms with van der Waals surface area (Å²) in [5, 5.41) is 6.79. The third kappa shape index (κ3) is 3.13. The van der Waals surface area contributed by atoms with Crippen molar-refractivity contribution in [3.63, 3.8) is 0 Å². The van der Waals surface area contributed by atoms with Crippen LogP contribution in [0.1, 0.15) is 48.9 Å². The molecule has 116 valence electrons. The number of benzene rings is 1. The van der Waals surface area contributed by atoms with E-state index in [1.165, 1.54) is 12.8 Å². The van der Waals surface area contributed by atoms with Gasteiger partial charge in [0.15, 0.2) is 0 Å². The van der Waals surface area contributed by atoms with Crippen molar-refractivity contribution in [3.8, 4) is 0 Å². The molecular weight excluding hydrogens is 278 g/mol. The summed E-state index contributed by atoms with van der Waals surface area (Å²) in [6, 6.07) is 9.62. The zero-order chi connectivity index (χ0) is 15.5. The van der Waals surface area contributed by atoms with Gasteiger partial charge in [0.25, 0.3) is 5.91 Å². The van der Waals surface area contributed by atoms with Crippen LogP contribution in [0.3, 0.4) is 0 Å². The molecule has 0 unspecified atom stereocenters. The Morgan fingerprint density at radius 2 is 2.05 bits per heavy atom. The molecule has 1 aliphatic rings. The van der Waals surface area contributed by atoms with Gasteiger partial charge in [-0.05, 0) is 37.0 Å². The first kappa shape index (κ1) is 14.6. The predicted molar refractivity (Wildman–Crippen MR) is 86.4 cm³/mol. The molecule has 0 saturated carbocycles. The number of nitrogens with one attached hydrogen (secondary N) is 1. The van der Waals surface area contributed by atoms with Crippen molar-refractivity contribution >= 4 is 17.3 Å². The number of aromatic nitrogens is 1. The van der Waals surface area contributed by atoms with Crippen LogP contribution < -0.4 is 10.2 Å². The van der Waals surface area contributed by atoms with Gasteiger partial charge in [0.2, 0.25) is 5.76 Å². The first-order valence-corrected chi connectivity index (χ1v) is 7.76. The quantitative estimate of drug-likeness (QED) is 0.936. The SMILES string of the molecule is CC(C)c1cc(C(=O)Nc2cccc(N3CCCC3)c2)on1. The fraction of sp³-hybridized carbons (Fsp3) is 0.412. The number of hydrogen-bond donors (Lipinski definition) is 1. The molecule has 5 nitrogen and oxygen atoms in total. The monoisotopic (exact) mass is 299 g/mol. The number of anilines is 2. The smallest absolute Gasteiger partial charge is 0.294 e. The minimum absolute atomic E-state index is 0.240. The van der Waals surface area contributed by atoms with Crippen molar-refractivity contribution in [3.05, 3.63) is 41.8 Å². The van der Waals surface area contributed by atoms with E-state index in [0.29, 0.717) is 0 Å². The second-order valence-electron chi connectivity index (χ2n) is 5.97. The van der Waals surface area contributed by atoms with E-state index >= 15 is 0 Å². The number of hydrogen-bond acceptors (Lipinski definition) is 4. The fourth-order valence-corrected chi connectivity index (χ4v) is 2.62. The zero-order valence-corrected chi connectivity index (χ0v) is 13.0. The Morgan fingerprint density at radius 3 is 2.73 bits per heavy atom. The van der Waals surface area contributed by atoms with Gasteiger partial charge < -0.3 is 14.7 Å². The van der Waals surface area contributed by atoms with Gasteiger partial charge in [-0.15, -0.1) is 0 Å². The van der Waals surface area contributed by atoms with Crippen molar-refractivity contribution in [2.24, 2.45) is 0 Å². The lowest BCUT2D eigenvalue weighted by Gasteiger charge is -2.18. The van der Waals surface area contributed by atoms with Crippen LogP contribution in [0.4, 0.5) is 11.4 Å². The van der Waals surface area contributed by atoms with E-state index in [1.807, 2.05) is 32.0 Å². The topological polar surface area (TPSA) is 58.4 Å². The highest BCUT2D eigenvalue weighted by molar-refractivity contribution is 6.02. The maximum Gasteiger partial charge on any atom is 0.294 e. The molecule has 22 heavy (non-hydrogen) atoms. The van der Waals surface area contributed by atoms with Crippen LogP contribution in [0.2, 0.25) is 0 Å². The lowest BCUT2D eigenvalue weighted by molar-refractivity contribution is 0.0988. The molecule has 1 saturated heterocycles. The van der Waals surface area contributed by atoms with Gasteiger partial charge in [-0.3, -0.25) is 4.79 Å². The van der Waals surface area contributed by atoms with Crippen LogP contribution in [0.15, 0.2) is 34.9 Å². The molecule has 3 rings (SSSR count). The Hall–Kier alpha value is -2.30. The van der Waals surface area contributed by atoms with Crippen LogP contribution in [0.5, 0.6) is 0 Å². The van der Waals surface area contributed by atoms with Crippen LogP contribution in [0.25, 0.3) is 0 Å². The molecule has 1 fully saturated rings. The van der Waals surface area contributed by atoms with E-state index in [0.717, 1.165) is 30.2 Å². The van der Waals surface area contributed by atoms with E-state index in [1.54, 1.807) is 6.07 Å². The largest absolute Gasteiger partial charge is 0.371 e. The van der Waals surface area contributed by atoms with E-state index in [2.05, 4.69) is 21.4 Å². The van der Waals surface area contributed by atoms with Crippen molar-refractivity contribution in [1.29, 1.82) is 0 Å². The third-order valence-corrected chi connectivity index (χ3v) is 3.92. The maximum atomic E-state index is 12.2. The van der Waals surface area contributed by atoms with E-state index < -0.39 is 0 Å². The Bertz CT molecular complexity index is 657. The van der Waals surface area contributed by atoms with Crippen molar-refractivity contribution < 1.29 is 9.32 Å². The molecule has 0 aliphatic carbocycles. The Morgan fingerprint density at radius 1 is 1.27 bits per heavy atom. The number of amides is 1. The van der Waals surface area contributed by atoms with Gasteiger partial charge >= 0.3 is 0 Å². The summed E-state index contributed by atoms with van der Waals surface area (Å²) in [7, 11) is 0. The highest BCUT2D eigenvalue weighted by atomic mass is 16.5. The maximum absolute atomic E-state index is 12.2. The van der Waals surface area contributed by atoms with Crippen molar-refractivity contribution in [2.75, 3.05) is 23.3 Å². The van der Waals surface area contributed by atoms with Gasteiger partial charge in [-0.25, -0.2) is 0 Å². The number of nitrogens with zero attached hydrogens (tertiary/aromatic N) is 2. The summed E-state index contributed by atoms with van der Waals surface area (Å²) in [6.45, 7) is 6.19. The third-order valence-electron chi connectivity index (χ3n) is 3.92. The number of carbonyl (C=O) groups excluding carboxylic acids is 1. The highest BCUT2D eigenvalue weighted by Gasteiger charge is 2.16. The van der Waals surface area contributed by atoms with Crippen LogP contribution in [0, 0.1) is 0 Å². The van der Waals surface area contributed by atoms with Gasteiger partial charge in [-0.1, -0.05) is 25.1 Å². The molecule has 2 aromatic rings. The van der Waals surface area contributed by atoms with Crippen LogP contribution in [-0.4, -0.2) is 24.2 Å². The number of carbonyl (C=O) groups is 1. The number of rotatable bonds is 4. The molecule has 1 aromatic heterocycles. The Kier molecular flexibility index (Phi) is 4.13. The molecule has 1 aliphatic heterocycles. The molecule has 0 spiro atoms. The van der Waals surface area contributed by atoms with Crippen molar-refractivity contribution in [2.45, 2.75) is 32.6 Å². The van der Waals surface area contributed by atoms with Gasteiger partial charge in [0.1, 0.15) is 0 Å². The molecule has 0 radical (unpaired) electrons. The van der Waals surface area contributed by atoms with E-state index in [9.17, 15) is 4.79 Å². The molecule has 1 N–H and O–H groups in total. The summed E-state index contributed by atoms with van der Waals surface area (Å²) in [6.07, 6.45) is 2.46. The summed E-state index contributed by atoms with van der Waals surface area (Å²) in [5.41, 5.74) is 2.71. The summed E-state index contributed by atoms with van der Waals surface area (Å²) < 4.78 is 5.12. The second-order valence-corrected chi connectivity index (χ2v) is 5.97. The highest BCUT2D eigenvalue weighted by Crippen LogP contribution is 2.24. The van der Waals surface area contributed by atoms with Crippen LogP contribution in [-0.2, 0) is 0 Å². The van der Waals surface area contributed by atoms with E-state index in [-0.39, 0.29) is 17.6 Å². The van der Waals surface area contributed by atoms with Gasteiger partial charge in [0, 0.05) is 30.5 Å². The summed E-state index contributed by atoms with van der Waals surface area (Å²) in [4.78, 5) is 14.6. The standard InChI is InChI=1S/C17H21N3O2/c1-12(2)15-11-16(22-19-15)17(21)18-13-6-5-7-14(10-13)20-8-3-4-9-20/h5-7,10-12H,3-4,8-9H2,1-2H3,(H,18,21). The molecule has 5 heteroatoms. The van der Waals surface area contributed by atoms with Crippen molar-refractivity contribution in [1.82, 2.24) is 5.16 Å². The van der Waals surface area contributed by atoms with Crippen LogP contribution >= 0.6 is 0 Å². The predicted octanol–water partition coefficient (Wildman–Crippen LogP) is 3.65. The first-order chi connectivity index (χ1) is 10.6. The molecule has 0 atom stereocenters. The average molecular weight is 299 g/mol. The normalized spacial score (nSPS) is 14.6. The second kappa shape index (κ2) is 6.22. The average Bonchev–Trinajstić information content (AvgIpc) is 3.19. The molecule has 0 bridgehead atoms. The first-order valence-electron chi connectivity index (χ1n) is 7.76. The van der Waals surface area contributed by atoms with E-state index in [4.69, 9.17) is 4.52 Å². The Balaban J connectivity index is 1.71. The lowest BCUT2D eigenvalue weighted by Crippen LogP contribution is -2.18. The molecule has 1 amide bonds. The van der Waals surface area contributed by atoms with Gasteiger partial charge in [-0.2, -0.15) is 0 Å². The minimum Gasteiger partial charge on any atom is -0.371 e. The summed E-state index contributed by atoms with van der Waals surface area (Å²) in [5.74, 6) is 0.219. The fourth-order valence-electron chi connectivity index (χ4n) is 2.62. The Labute approximate surface area is 130 Å².